The first-order chi connectivity index (χ1) is 16.3. The van der Waals surface area contributed by atoms with Crippen LogP contribution in [0.15, 0.2) is 18.3 Å². The lowest BCUT2D eigenvalue weighted by Gasteiger charge is -2.41. The monoisotopic (exact) mass is 489 g/mol. The Bertz CT molecular complexity index is 870. The lowest BCUT2D eigenvalue weighted by atomic mass is 9.88. The third-order valence-corrected chi connectivity index (χ3v) is 6.38. The fraction of sp³-hybridized carbons (Fsp3) is 0.741. The number of amides is 2. The third-order valence-electron chi connectivity index (χ3n) is 6.38. The second-order valence-electron chi connectivity index (χ2n) is 11.7. The van der Waals surface area contributed by atoms with Crippen LogP contribution >= 0.6 is 0 Å². The highest BCUT2D eigenvalue weighted by atomic mass is 16.6. The molecular formula is C27H43N3O5. The number of nitrogens with zero attached hydrogens (tertiary/aromatic N) is 3. The molecule has 0 bridgehead atoms. The van der Waals surface area contributed by atoms with Gasteiger partial charge in [-0.05, 0) is 98.1 Å². The molecule has 3 rings (SSSR count). The van der Waals surface area contributed by atoms with Gasteiger partial charge in [0, 0.05) is 31.9 Å². The minimum absolute atomic E-state index is 0.0720. The Kier molecular flexibility index (Phi) is 8.67. The first-order valence-corrected chi connectivity index (χ1v) is 12.9. The van der Waals surface area contributed by atoms with Gasteiger partial charge in [0.05, 0.1) is 6.10 Å². The molecule has 196 valence electrons. The fourth-order valence-corrected chi connectivity index (χ4v) is 4.49. The van der Waals surface area contributed by atoms with Crippen molar-refractivity contribution in [3.05, 3.63) is 23.9 Å². The molecule has 0 radical (unpaired) electrons. The van der Waals surface area contributed by atoms with Gasteiger partial charge in [-0.2, -0.15) is 0 Å². The van der Waals surface area contributed by atoms with Crippen molar-refractivity contribution in [1.29, 1.82) is 0 Å². The van der Waals surface area contributed by atoms with E-state index in [1.54, 1.807) is 23.0 Å². The number of aryl methyl sites for hydroxylation is 1. The molecule has 1 aliphatic carbocycles. The predicted molar refractivity (Wildman–Crippen MR) is 136 cm³/mol. The van der Waals surface area contributed by atoms with E-state index in [2.05, 4.69) is 4.98 Å². The zero-order valence-corrected chi connectivity index (χ0v) is 22.5. The largest absolute Gasteiger partial charge is 0.444 e. The molecule has 0 aromatic carbocycles. The number of ether oxygens (including phenoxy) is 3. The highest BCUT2D eigenvalue weighted by Gasteiger charge is 2.37. The van der Waals surface area contributed by atoms with Crippen molar-refractivity contribution in [1.82, 2.24) is 9.88 Å². The summed E-state index contributed by atoms with van der Waals surface area (Å²) >= 11 is 0. The molecule has 2 heterocycles. The Labute approximate surface area is 210 Å². The molecule has 1 aromatic rings. The minimum Gasteiger partial charge on any atom is -0.444 e. The van der Waals surface area contributed by atoms with Gasteiger partial charge < -0.3 is 19.1 Å². The number of pyridine rings is 1. The Morgan fingerprint density at radius 3 is 2.43 bits per heavy atom. The maximum Gasteiger partial charge on any atom is 0.416 e. The molecule has 8 nitrogen and oxygen atoms in total. The van der Waals surface area contributed by atoms with E-state index in [0.717, 1.165) is 56.3 Å². The van der Waals surface area contributed by atoms with Crippen molar-refractivity contribution in [3.63, 3.8) is 0 Å². The quantitative estimate of drug-likeness (QED) is 0.456. The van der Waals surface area contributed by atoms with Crippen LogP contribution in [0.4, 0.5) is 15.4 Å². The predicted octanol–water partition coefficient (Wildman–Crippen LogP) is 5.72. The van der Waals surface area contributed by atoms with Gasteiger partial charge in [0.2, 0.25) is 0 Å². The number of carbonyl (C=O) groups excluding carboxylic acids is 2. The van der Waals surface area contributed by atoms with Gasteiger partial charge in [0.15, 0.2) is 0 Å². The number of rotatable bonds is 7. The van der Waals surface area contributed by atoms with Crippen molar-refractivity contribution in [2.45, 2.75) is 116 Å². The second kappa shape index (κ2) is 11.1. The summed E-state index contributed by atoms with van der Waals surface area (Å²) in [5.74, 6) is 0.726. The molecule has 1 aliphatic heterocycles. The number of hydrogen-bond acceptors (Lipinski definition) is 6. The highest BCUT2D eigenvalue weighted by Crippen LogP contribution is 2.33. The van der Waals surface area contributed by atoms with Crippen LogP contribution in [0.25, 0.3) is 0 Å². The average Bonchev–Trinajstić information content (AvgIpc) is 2.71. The summed E-state index contributed by atoms with van der Waals surface area (Å²) in [5.41, 5.74) is 0.0504. The molecule has 1 fully saturated rings. The summed E-state index contributed by atoms with van der Waals surface area (Å²) < 4.78 is 17.2. The summed E-state index contributed by atoms with van der Waals surface area (Å²) in [7, 11) is 1.79. The molecular weight excluding hydrogens is 446 g/mol. The summed E-state index contributed by atoms with van der Waals surface area (Å²) in [6.07, 6.45) is 7.59. The van der Waals surface area contributed by atoms with Gasteiger partial charge in [-0.1, -0.05) is 6.07 Å². The summed E-state index contributed by atoms with van der Waals surface area (Å²) in [5, 5.41) is 0. The molecule has 35 heavy (non-hydrogen) atoms. The molecule has 0 N–H and O–H groups in total. The van der Waals surface area contributed by atoms with Crippen LogP contribution in [-0.2, 0) is 20.6 Å². The molecule has 2 amide bonds. The van der Waals surface area contributed by atoms with Gasteiger partial charge >= 0.3 is 12.2 Å². The van der Waals surface area contributed by atoms with E-state index >= 15 is 0 Å². The lowest BCUT2D eigenvalue weighted by Crippen LogP contribution is -2.50. The van der Waals surface area contributed by atoms with E-state index < -0.39 is 11.2 Å². The van der Waals surface area contributed by atoms with Crippen LogP contribution in [-0.4, -0.2) is 65.1 Å². The van der Waals surface area contributed by atoms with E-state index in [-0.39, 0.29) is 30.4 Å². The van der Waals surface area contributed by atoms with Gasteiger partial charge in [-0.25, -0.2) is 14.6 Å². The number of aromatic nitrogens is 1. The maximum absolute atomic E-state index is 13.0. The third kappa shape index (κ3) is 7.82. The van der Waals surface area contributed by atoms with E-state index in [1.807, 2.05) is 53.7 Å². The van der Waals surface area contributed by atoms with Crippen molar-refractivity contribution >= 4 is 18.0 Å². The number of fused-ring (bicyclic) bond motifs is 1. The second-order valence-corrected chi connectivity index (χ2v) is 11.7. The van der Waals surface area contributed by atoms with Crippen molar-refractivity contribution in [2.24, 2.45) is 0 Å². The van der Waals surface area contributed by atoms with Crippen LogP contribution in [0.1, 0.15) is 85.6 Å². The van der Waals surface area contributed by atoms with Crippen LogP contribution in [0.3, 0.4) is 0 Å². The average molecular weight is 490 g/mol. The summed E-state index contributed by atoms with van der Waals surface area (Å²) in [6.45, 7) is 12.0. The first kappa shape index (κ1) is 27.2. The summed E-state index contributed by atoms with van der Waals surface area (Å²) in [6, 6.07) is 4.20. The van der Waals surface area contributed by atoms with E-state index in [9.17, 15) is 9.59 Å². The van der Waals surface area contributed by atoms with Gasteiger partial charge in [0.25, 0.3) is 0 Å². The van der Waals surface area contributed by atoms with Crippen LogP contribution in [0, 0.1) is 0 Å². The zero-order chi connectivity index (χ0) is 25.8. The zero-order valence-electron chi connectivity index (χ0n) is 22.5. The summed E-state index contributed by atoms with van der Waals surface area (Å²) in [4.78, 5) is 33.2. The Morgan fingerprint density at radius 1 is 1.09 bits per heavy atom. The minimum atomic E-state index is -0.556. The normalized spacial score (nSPS) is 22.1. The molecule has 1 saturated carbocycles. The highest BCUT2D eigenvalue weighted by molar-refractivity contribution is 5.88. The number of anilines is 1. The smallest absolute Gasteiger partial charge is 0.416 e. The Morgan fingerprint density at radius 2 is 1.77 bits per heavy atom. The van der Waals surface area contributed by atoms with Crippen molar-refractivity contribution < 1.29 is 23.8 Å². The van der Waals surface area contributed by atoms with Crippen molar-refractivity contribution in [3.8, 4) is 0 Å². The molecule has 0 saturated heterocycles. The van der Waals surface area contributed by atoms with Gasteiger partial charge in [-0.15, -0.1) is 0 Å². The number of hydrogen-bond donors (Lipinski definition) is 0. The molecule has 2 aliphatic rings. The standard InChI is InChI=1S/C27H43N3O5/c1-26(2,3)34-24(31)29(7)21-17-22(18-21)33-16-9-8-12-20-14-13-19-11-10-15-28-23(19)30(20)25(32)35-27(4,5)6/h10-11,15,20-22H,8-9,12-14,16-18H2,1-7H3/t20-,21?,22?/m1/s1. The van der Waals surface area contributed by atoms with Crippen LogP contribution in [0.5, 0.6) is 0 Å². The SMILES string of the molecule is CN(C(=O)OC(C)(C)C)C1CC(OCCCC[C@@H]2CCc3cccnc3N2C(=O)OC(C)(C)C)C1. The topological polar surface area (TPSA) is 81.2 Å². The maximum atomic E-state index is 13.0. The Hall–Kier alpha value is -2.35. The molecule has 1 atom stereocenters. The van der Waals surface area contributed by atoms with Gasteiger partial charge in [0.1, 0.15) is 17.0 Å². The number of carbonyl (C=O) groups is 2. The fourth-order valence-electron chi connectivity index (χ4n) is 4.49. The molecule has 0 unspecified atom stereocenters. The van der Waals surface area contributed by atoms with E-state index in [4.69, 9.17) is 14.2 Å². The van der Waals surface area contributed by atoms with E-state index in [0.29, 0.717) is 6.61 Å². The first-order valence-electron chi connectivity index (χ1n) is 12.9. The Balaban J connectivity index is 1.41. The molecule has 1 aromatic heterocycles. The van der Waals surface area contributed by atoms with Crippen molar-refractivity contribution in [2.75, 3.05) is 18.6 Å². The van der Waals surface area contributed by atoms with Crippen LogP contribution in [0.2, 0.25) is 0 Å². The number of unbranched alkanes of at least 4 members (excludes halogenated alkanes) is 1. The molecule has 0 spiro atoms. The lowest BCUT2D eigenvalue weighted by molar-refractivity contribution is -0.0519. The van der Waals surface area contributed by atoms with Crippen LogP contribution < -0.4 is 4.90 Å². The van der Waals surface area contributed by atoms with E-state index in [1.165, 1.54) is 0 Å². The molecule has 8 heteroatoms. The van der Waals surface area contributed by atoms with Gasteiger partial charge in [-0.3, -0.25) is 4.90 Å².